The second-order valence-electron chi connectivity index (χ2n) is 5.42. The third-order valence-electron chi connectivity index (χ3n) is 3.28. The molecule has 0 aliphatic carbocycles. The molecule has 0 spiro atoms. The number of benzene rings is 1. The average Bonchev–Trinajstić information content (AvgIpc) is 2.51. The van der Waals surface area contributed by atoms with Crippen LogP contribution >= 0.6 is 0 Å². The van der Waals surface area contributed by atoms with Crippen LogP contribution in [0.2, 0.25) is 0 Å². The van der Waals surface area contributed by atoms with Crippen LogP contribution in [0.15, 0.2) is 23.1 Å². The number of hydrogen-bond acceptors (Lipinski definition) is 5. The van der Waals surface area contributed by atoms with Crippen LogP contribution in [0, 0.1) is 0 Å². The van der Waals surface area contributed by atoms with Gasteiger partial charge in [-0.2, -0.15) is 4.72 Å². The number of aliphatic hydroxyl groups is 1. The highest BCUT2D eigenvalue weighted by atomic mass is 32.2. The van der Waals surface area contributed by atoms with E-state index in [0.29, 0.717) is 0 Å². The van der Waals surface area contributed by atoms with Crippen molar-refractivity contribution in [1.82, 2.24) is 10.0 Å². The van der Waals surface area contributed by atoms with Gasteiger partial charge in [-0.3, -0.25) is 4.79 Å². The Morgan fingerprint density at radius 1 is 1.30 bits per heavy atom. The Hall–Kier alpha value is -1.64. The third-order valence-corrected chi connectivity index (χ3v) is 4.84. The van der Waals surface area contributed by atoms with Crippen molar-refractivity contribution in [2.45, 2.75) is 37.6 Å². The molecule has 8 heteroatoms. The van der Waals surface area contributed by atoms with Gasteiger partial charge in [-0.1, -0.05) is 19.9 Å². The normalized spacial score (nSPS) is 13.0. The van der Waals surface area contributed by atoms with Crippen molar-refractivity contribution in [3.63, 3.8) is 0 Å². The summed E-state index contributed by atoms with van der Waals surface area (Å²) >= 11 is 0. The average molecular weight is 344 g/mol. The lowest BCUT2D eigenvalue weighted by Crippen LogP contribution is -2.45. The van der Waals surface area contributed by atoms with Crippen molar-refractivity contribution in [2.24, 2.45) is 0 Å². The van der Waals surface area contributed by atoms with Crippen LogP contribution in [-0.2, 0) is 14.8 Å². The summed E-state index contributed by atoms with van der Waals surface area (Å²) in [6.07, 6.45) is 0. The van der Waals surface area contributed by atoms with Crippen LogP contribution in [0.4, 0.5) is 0 Å². The summed E-state index contributed by atoms with van der Waals surface area (Å²) in [5.41, 5.74) is 0.851. The predicted octanol–water partition coefficient (Wildman–Crippen LogP) is 0.594. The van der Waals surface area contributed by atoms with E-state index in [1.165, 1.54) is 14.0 Å². The van der Waals surface area contributed by atoms with Crippen molar-refractivity contribution in [3.05, 3.63) is 23.8 Å². The minimum Gasteiger partial charge on any atom is -0.495 e. The molecule has 1 unspecified atom stereocenters. The lowest BCUT2D eigenvalue weighted by molar-refractivity contribution is -0.122. The van der Waals surface area contributed by atoms with Gasteiger partial charge in [0.1, 0.15) is 10.6 Å². The first-order valence-electron chi connectivity index (χ1n) is 7.31. The summed E-state index contributed by atoms with van der Waals surface area (Å²) in [7, 11) is -2.54. The van der Waals surface area contributed by atoms with E-state index >= 15 is 0 Å². The number of sulfonamides is 1. The summed E-state index contributed by atoms with van der Waals surface area (Å²) < 4.78 is 32.6. The predicted molar refractivity (Wildman–Crippen MR) is 87.0 cm³/mol. The van der Waals surface area contributed by atoms with Crippen molar-refractivity contribution < 1.29 is 23.1 Å². The molecule has 0 radical (unpaired) electrons. The highest BCUT2D eigenvalue weighted by molar-refractivity contribution is 7.89. The van der Waals surface area contributed by atoms with Crippen LogP contribution in [0.25, 0.3) is 0 Å². The van der Waals surface area contributed by atoms with Gasteiger partial charge in [0.15, 0.2) is 0 Å². The topological polar surface area (TPSA) is 105 Å². The number of hydrogen-bond donors (Lipinski definition) is 3. The maximum absolute atomic E-state index is 12.6. The minimum atomic E-state index is -3.93. The number of rotatable bonds is 8. The van der Waals surface area contributed by atoms with Gasteiger partial charge >= 0.3 is 0 Å². The second kappa shape index (κ2) is 8.28. The summed E-state index contributed by atoms with van der Waals surface area (Å²) in [6.45, 7) is 5.20. The van der Waals surface area contributed by atoms with Gasteiger partial charge in [0, 0.05) is 6.54 Å². The summed E-state index contributed by atoms with van der Waals surface area (Å²) in [6, 6.07) is 3.98. The van der Waals surface area contributed by atoms with E-state index in [1.807, 2.05) is 13.8 Å². The number of carbonyl (C=O) groups excluding carboxylic acids is 1. The SMILES string of the molecule is COc1ccc(C(C)C)cc1S(=O)(=O)NC(C)C(=O)NCCO. The fourth-order valence-corrected chi connectivity index (χ4v) is 3.35. The molecule has 7 nitrogen and oxygen atoms in total. The molecule has 0 fully saturated rings. The smallest absolute Gasteiger partial charge is 0.244 e. The zero-order valence-electron chi connectivity index (χ0n) is 13.8. The molecular formula is C15H24N2O5S. The molecule has 0 heterocycles. The summed E-state index contributed by atoms with van der Waals surface area (Å²) in [5.74, 6) is -0.147. The maximum Gasteiger partial charge on any atom is 0.244 e. The molecule has 0 aliphatic rings. The van der Waals surface area contributed by atoms with E-state index in [0.717, 1.165) is 5.56 Å². The zero-order valence-corrected chi connectivity index (χ0v) is 14.6. The quantitative estimate of drug-likeness (QED) is 0.640. The Balaban J connectivity index is 3.07. The van der Waals surface area contributed by atoms with E-state index in [4.69, 9.17) is 9.84 Å². The Kier molecular flexibility index (Phi) is 6.99. The first-order valence-corrected chi connectivity index (χ1v) is 8.80. The third kappa shape index (κ3) is 5.19. The molecule has 0 bridgehead atoms. The molecule has 0 saturated heterocycles. The van der Waals surface area contributed by atoms with Gasteiger partial charge in [0.2, 0.25) is 15.9 Å². The number of ether oxygens (including phenoxy) is 1. The van der Waals surface area contributed by atoms with E-state index in [-0.39, 0.29) is 29.7 Å². The van der Waals surface area contributed by atoms with Crippen molar-refractivity contribution >= 4 is 15.9 Å². The zero-order chi connectivity index (χ0) is 17.6. The standard InChI is InChI=1S/C15H24N2O5S/c1-10(2)12-5-6-13(22-4)14(9-12)23(20,21)17-11(3)15(19)16-7-8-18/h5-6,9-11,17-18H,7-8H2,1-4H3,(H,16,19). The first-order chi connectivity index (χ1) is 10.7. The Labute approximate surface area is 137 Å². The molecule has 0 saturated carbocycles. The monoisotopic (exact) mass is 344 g/mol. The molecule has 1 amide bonds. The van der Waals surface area contributed by atoms with Crippen LogP contribution in [0.5, 0.6) is 5.75 Å². The number of aliphatic hydroxyl groups excluding tert-OH is 1. The minimum absolute atomic E-state index is 0.00647. The van der Waals surface area contributed by atoms with Gasteiger partial charge in [-0.15, -0.1) is 0 Å². The van der Waals surface area contributed by atoms with Gasteiger partial charge in [0.05, 0.1) is 19.8 Å². The van der Waals surface area contributed by atoms with Crippen LogP contribution in [0.3, 0.4) is 0 Å². The Morgan fingerprint density at radius 2 is 1.96 bits per heavy atom. The fourth-order valence-electron chi connectivity index (χ4n) is 1.94. The number of nitrogens with one attached hydrogen (secondary N) is 2. The molecule has 23 heavy (non-hydrogen) atoms. The number of carbonyl (C=O) groups is 1. The molecule has 1 atom stereocenters. The Bertz CT molecular complexity index is 643. The maximum atomic E-state index is 12.6. The van der Waals surface area contributed by atoms with Crippen molar-refractivity contribution in [3.8, 4) is 5.75 Å². The molecular weight excluding hydrogens is 320 g/mol. The van der Waals surface area contributed by atoms with Gasteiger partial charge in [-0.25, -0.2) is 8.42 Å². The van der Waals surface area contributed by atoms with Crippen molar-refractivity contribution in [1.29, 1.82) is 0 Å². The molecule has 1 rings (SSSR count). The number of amides is 1. The van der Waals surface area contributed by atoms with Gasteiger partial charge in [0.25, 0.3) is 0 Å². The highest BCUT2D eigenvalue weighted by Crippen LogP contribution is 2.28. The number of methoxy groups -OCH3 is 1. The van der Waals surface area contributed by atoms with Crippen LogP contribution in [-0.4, -0.2) is 45.7 Å². The second-order valence-corrected chi connectivity index (χ2v) is 7.11. The van der Waals surface area contributed by atoms with Crippen LogP contribution < -0.4 is 14.8 Å². The fraction of sp³-hybridized carbons (Fsp3) is 0.533. The molecule has 0 aromatic heterocycles. The summed E-state index contributed by atoms with van der Waals surface area (Å²) in [4.78, 5) is 11.8. The van der Waals surface area contributed by atoms with E-state index in [9.17, 15) is 13.2 Å². The van der Waals surface area contributed by atoms with Crippen molar-refractivity contribution in [2.75, 3.05) is 20.3 Å². The highest BCUT2D eigenvalue weighted by Gasteiger charge is 2.25. The van der Waals surface area contributed by atoms with E-state index in [2.05, 4.69) is 10.0 Å². The Morgan fingerprint density at radius 3 is 2.48 bits per heavy atom. The first kappa shape index (κ1) is 19.4. The summed E-state index contributed by atoms with van der Waals surface area (Å²) in [5, 5.41) is 11.1. The lowest BCUT2D eigenvalue weighted by atomic mass is 10.0. The molecule has 3 N–H and O–H groups in total. The molecule has 1 aromatic carbocycles. The molecule has 0 aliphatic heterocycles. The van der Waals surface area contributed by atoms with Crippen LogP contribution in [0.1, 0.15) is 32.3 Å². The molecule has 130 valence electrons. The largest absolute Gasteiger partial charge is 0.495 e. The van der Waals surface area contributed by atoms with E-state index < -0.39 is 22.0 Å². The van der Waals surface area contributed by atoms with E-state index in [1.54, 1.807) is 18.2 Å². The molecule has 1 aromatic rings. The van der Waals surface area contributed by atoms with Gasteiger partial charge < -0.3 is 15.2 Å². The van der Waals surface area contributed by atoms with Gasteiger partial charge in [-0.05, 0) is 30.5 Å². The lowest BCUT2D eigenvalue weighted by Gasteiger charge is -2.17.